The number of likely N-dealkylation sites (N-methyl/N-ethyl adjacent to an activating group) is 1. The van der Waals surface area contributed by atoms with Crippen LogP contribution in [0.2, 0.25) is 0 Å². The molecule has 0 heterocycles. The van der Waals surface area contributed by atoms with Gasteiger partial charge in [-0.05, 0) is 26.1 Å². The van der Waals surface area contributed by atoms with Crippen LogP contribution in [0.3, 0.4) is 0 Å². The third kappa shape index (κ3) is 5.89. The Balaban J connectivity index is 2.53. The fourth-order valence-electron chi connectivity index (χ4n) is 1.93. The number of rotatable bonds is 7. The zero-order valence-electron chi connectivity index (χ0n) is 12.8. The molecule has 0 amide bonds. The maximum absolute atomic E-state index is 4.19. The van der Waals surface area contributed by atoms with E-state index in [1.54, 1.807) is 7.05 Å². The summed E-state index contributed by atoms with van der Waals surface area (Å²) in [5.74, 6) is 0.810. The second kappa shape index (κ2) is 9.15. The predicted octanol–water partition coefficient (Wildman–Crippen LogP) is 1.51. The van der Waals surface area contributed by atoms with Crippen molar-refractivity contribution < 1.29 is 0 Å². The van der Waals surface area contributed by atoms with Gasteiger partial charge < -0.3 is 15.5 Å². The van der Waals surface area contributed by atoms with Gasteiger partial charge in [0.15, 0.2) is 5.96 Å². The Morgan fingerprint density at radius 2 is 2.00 bits per heavy atom. The molecule has 0 saturated carbocycles. The highest BCUT2D eigenvalue weighted by Crippen LogP contribution is 2.06. The van der Waals surface area contributed by atoms with Crippen molar-refractivity contribution in [1.29, 1.82) is 0 Å². The van der Waals surface area contributed by atoms with Gasteiger partial charge >= 0.3 is 0 Å². The van der Waals surface area contributed by atoms with Gasteiger partial charge in [0.25, 0.3) is 0 Å². The number of benzene rings is 1. The summed E-state index contributed by atoms with van der Waals surface area (Å²) in [5.41, 5.74) is 1.35. The van der Waals surface area contributed by atoms with Crippen LogP contribution >= 0.6 is 0 Å². The van der Waals surface area contributed by atoms with Crippen molar-refractivity contribution in [3.63, 3.8) is 0 Å². The Morgan fingerprint density at radius 3 is 2.55 bits per heavy atom. The largest absolute Gasteiger partial charge is 0.355 e. The molecule has 110 valence electrons. The topological polar surface area (TPSA) is 39.7 Å². The van der Waals surface area contributed by atoms with Crippen molar-refractivity contribution in [1.82, 2.24) is 15.5 Å². The van der Waals surface area contributed by atoms with Gasteiger partial charge in [-0.15, -0.1) is 6.58 Å². The summed E-state index contributed by atoms with van der Waals surface area (Å²) in [7, 11) is 5.99. The molecule has 0 fully saturated rings. The lowest BCUT2D eigenvalue weighted by Crippen LogP contribution is -2.45. The zero-order chi connectivity index (χ0) is 14.8. The fraction of sp³-hybridized carbons (Fsp3) is 0.438. The SMILES string of the molecule is C=CCNC(=NC)NCC(Cc1ccccc1)N(C)C. The van der Waals surface area contributed by atoms with E-state index in [9.17, 15) is 0 Å². The average Bonchev–Trinajstić information content (AvgIpc) is 2.47. The second-order valence-corrected chi connectivity index (χ2v) is 4.93. The molecule has 1 rings (SSSR count). The summed E-state index contributed by atoms with van der Waals surface area (Å²) in [6.45, 7) is 5.25. The minimum atomic E-state index is 0.416. The van der Waals surface area contributed by atoms with E-state index in [2.05, 4.69) is 65.5 Å². The van der Waals surface area contributed by atoms with Crippen LogP contribution < -0.4 is 10.6 Å². The van der Waals surface area contributed by atoms with Gasteiger partial charge in [-0.2, -0.15) is 0 Å². The van der Waals surface area contributed by atoms with E-state index in [1.165, 1.54) is 5.56 Å². The Kier molecular flexibility index (Phi) is 7.43. The molecule has 1 unspecified atom stereocenters. The van der Waals surface area contributed by atoms with Crippen molar-refractivity contribution in [2.45, 2.75) is 12.5 Å². The third-order valence-electron chi connectivity index (χ3n) is 3.19. The van der Waals surface area contributed by atoms with Crippen LogP contribution in [-0.4, -0.2) is 51.1 Å². The minimum absolute atomic E-state index is 0.416. The van der Waals surface area contributed by atoms with Crippen LogP contribution in [0.4, 0.5) is 0 Å². The summed E-state index contributed by atoms with van der Waals surface area (Å²) >= 11 is 0. The van der Waals surface area contributed by atoms with Crippen molar-refractivity contribution in [2.24, 2.45) is 4.99 Å². The lowest BCUT2D eigenvalue weighted by Gasteiger charge is -2.25. The summed E-state index contributed by atoms with van der Waals surface area (Å²) < 4.78 is 0. The first kappa shape index (κ1) is 16.2. The number of nitrogens with one attached hydrogen (secondary N) is 2. The average molecular weight is 274 g/mol. The Hall–Kier alpha value is -1.81. The number of guanidine groups is 1. The predicted molar refractivity (Wildman–Crippen MR) is 87.2 cm³/mol. The van der Waals surface area contributed by atoms with Crippen LogP contribution in [-0.2, 0) is 6.42 Å². The number of aliphatic imine (C=N–C) groups is 1. The van der Waals surface area contributed by atoms with Gasteiger partial charge in [-0.1, -0.05) is 36.4 Å². The first-order valence-electron chi connectivity index (χ1n) is 6.93. The molecule has 1 aromatic rings. The highest BCUT2D eigenvalue weighted by molar-refractivity contribution is 5.79. The molecule has 1 atom stereocenters. The molecule has 0 aliphatic heterocycles. The summed E-state index contributed by atoms with van der Waals surface area (Å²) in [6.07, 6.45) is 2.83. The molecule has 4 heteroatoms. The van der Waals surface area contributed by atoms with Crippen molar-refractivity contribution in [3.8, 4) is 0 Å². The van der Waals surface area contributed by atoms with E-state index in [0.29, 0.717) is 12.6 Å². The van der Waals surface area contributed by atoms with E-state index in [1.807, 2.05) is 12.1 Å². The van der Waals surface area contributed by atoms with E-state index in [-0.39, 0.29) is 0 Å². The van der Waals surface area contributed by atoms with E-state index < -0.39 is 0 Å². The zero-order valence-corrected chi connectivity index (χ0v) is 12.8. The smallest absolute Gasteiger partial charge is 0.191 e. The fourth-order valence-corrected chi connectivity index (χ4v) is 1.93. The van der Waals surface area contributed by atoms with Gasteiger partial charge in [-0.3, -0.25) is 4.99 Å². The summed E-state index contributed by atoms with van der Waals surface area (Å²) in [6, 6.07) is 11.0. The quantitative estimate of drug-likeness (QED) is 0.450. The molecule has 0 bridgehead atoms. The molecule has 4 nitrogen and oxygen atoms in total. The molecule has 0 aliphatic rings. The highest BCUT2D eigenvalue weighted by atomic mass is 15.2. The minimum Gasteiger partial charge on any atom is -0.355 e. The van der Waals surface area contributed by atoms with Crippen LogP contribution in [0.5, 0.6) is 0 Å². The van der Waals surface area contributed by atoms with Gasteiger partial charge in [-0.25, -0.2) is 0 Å². The number of hydrogen-bond donors (Lipinski definition) is 2. The Labute approximate surface area is 122 Å². The van der Waals surface area contributed by atoms with Crippen LogP contribution in [0.25, 0.3) is 0 Å². The molecule has 1 aromatic carbocycles. The monoisotopic (exact) mass is 274 g/mol. The van der Waals surface area contributed by atoms with Gasteiger partial charge in [0.1, 0.15) is 0 Å². The van der Waals surface area contributed by atoms with E-state index in [0.717, 1.165) is 18.9 Å². The van der Waals surface area contributed by atoms with Crippen molar-refractivity contribution >= 4 is 5.96 Å². The van der Waals surface area contributed by atoms with Gasteiger partial charge in [0, 0.05) is 26.2 Å². The normalized spacial score (nSPS) is 13.1. The van der Waals surface area contributed by atoms with Crippen molar-refractivity contribution in [2.75, 3.05) is 34.2 Å². The van der Waals surface area contributed by atoms with Gasteiger partial charge in [0.2, 0.25) is 0 Å². The number of hydrogen-bond acceptors (Lipinski definition) is 2. The molecule has 0 saturated heterocycles. The molecule has 0 aliphatic carbocycles. The summed E-state index contributed by atoms with van der Waals surface area (Å²) in [5, 5.41) is 6.53. The van der Waals surface area contributed by atoms with Gasteiger partial charge in [0.05, 0.1) is 0 Å². The molecule has 20 heavy (non-hydrogen) atoms. The molecule has 2 N–H and O–H groups in total. The Morgan fingerprint density at radius 1 is 1.30 bits per heavy atom. The summed E-state index contributed by atoms with van der Waals surface area (Å²) in [4.78, 5) is 6.43. The molecule has 0 aromatic heterocycles. The standard InChI is InChI=1S/C16H26N4/c1-5-11-18-16(17-2)19-13-15(20(3)4)12-14-9-7-6-8-10-14/h5-10,15H,1,11-13H2,2-4H3,(H2,17,18,19). The lowest BCUT2D eigenvalue weighted by molar-refractivity contribution is 0.290. The second-order valence-electron chi connectivity index (χ2n) is 4.93. The first-order chi connectivity index (χ1) is 9.67. The lowest BCUT2D eigenvalue weighted by atomic mass is 10.1. The molecule has 0 spiro atoms. The third-order valence-corrected chi connectivity index (χ3v) is 3.19. The van der Waals surface area contributed by atoms with E-state index >= 15 is 0 Å². The van der Waals surface area contributed by atoms with Crippen LogP contribution in [0.1, 0.15) is 5.56 Å². The molecular formula is C16H26N4. The first-order valence-corrected chi connectivity index (χ1v) is 6.93. The Bertz CT molecular complexity index is 412. The molecular weight excluding hydrogens is 248 g/mol. The maximum atomic E-state index is 4.19. The molecule has 0 radical (unpaired) electrons. The number of nitrogens with zero attached hydrogens (tertiary/aromatic N) is 2. The van der Waals surface area contributed by atoms with Crippen LogP contribution in [0.15, 0.2) is 48.0 Å². The van der Waals surface area contributed by atoms with Crippen LogP contribution in [0, 0.1) is 0 Å². The highest BCUT2D eigenvalue weighted by Gasteiger charge is 2.12. The van der Waals surface area contributed by atoms with Crippen molar-refractivity contribution in [3.05, 3.63) is 48.6 Å². The van der Waals surface area contributed by atoms with E-state index in [4.69, 9.17) is 0 Å². The maximum Gasteiger partial charge on any atom is 0.191 e.